The van der Waals surface area contributed by atoms with Crippen LogP contribution >= 0.6 is 0 Å². The minimum Gasteiger partial charge on any atom is -0.493 e. The molecule has 1 amide bonds. The first-order chi connectivity index (χ1) is 7.22. The van der Waals surface area contributed by atoms with Gasteiger partial charge in [-0.05, 0) is 6.07 Å². The summed E-state index contributed by atoms with van der Waals surface area (Å²) < 4.78 is 10.4. The fraction of sp³-hybridized carbons (Fsp3) is 0.364. The third kappa shape index (κ3) is 2.62. The van der Waals surface area contributed by atoms with Gasteiger partial charge < -0.3 is 14.4 Å². The molecule has 0 fully saturated rings. The van der Waals surface area contributed by atoms with E-state index in [9.17, 15) is 4.79 Å². The molecular formula is C11H15NO3. The van der Waals surface area contributed by atoms with Gasteiger partial charge in [-0.25, -0.2) is 0 Å². The Morgan fingerprint density at radius 1 is 1.33 bits per heavy atom. The van der Waals surface area contributed by atoms with Crippen LogP contribution in [0.3, 0.4) is 0 Å². The smallest absolute Gasteiger partial charge is 0.209 e. The molecule has 0 aliphatic carbocycles. The van der Waals surface area contributed by atoms with Crippen LogP contribution in [0.2, 0.25) is 0 Å². The van der Waals surface area contributed by atoms with Crippen LogP contribution in [0.25, 0.3) is 0 Å². The summed E-state index contributed by atoms with van der Waals surface area (Å²) in [5, 5.41) is 0. The van der Waals surface area contributed by atoms with Gasteiger partial charge in [0.1, 0.15) is 0 Å². The number of hydrogen-bond donors (Lipinski definition) is 0. The maximum Gasteiger partial charge on any atom is 0.209 e. The van der Waals surface area contributed by atoms with Crippen LogP contribution in [0, 0.1) is 0 Å². The van der Waals surface area contributed by atoms with Gasteiger partial charge in [-0.3, -0.25) is 4.79 Å². The predicted octanol–water partition coefficient (Wildman–Crippen LogP) is 1.29. The van der Waals surface area contributed by atoms with E-state index in [2.05, 4.69) is 0 Å². The molecule has 0 saturated carbocycles. The van der Waals surface area contributed by atoms with E-state index in [0.717, 1.165) is 12.0 Å². The molecule has 0 aromatic heterocycles. The highest BCUT2D eigenvalue weighted by Crippen LogP contribution is 2.30. The van der Waals surface area contributed by atoms with Crippen molar-refractivity contribution in [3.8, 4) is 11.5 Å². The molecule has 0 saturated heterocycles. The topological polar surface area (TPSA) is 38.8 Å². The predicted molar refractivity (Wildman–Crippen MR) is 57.1 cm³/mol. The summed E-state index contributed by atoms with van der Waals surface area (Å²) >= 11 is 0. The van der Waals surface area contributed by atoms with Gasteiger partial charge in [0.2, 0.25) is 6.41 Å². The second-order valence-corrected chi connectivity index (χ2v) is 3.17. The zero-order valence-electron chi connectivity index (χ0n) is 9.19. The van der Waals surface area contributed by atoms with Gasteiger partial charge in [-0.15, -0.1) is 0 Å². The minimum absolute atomic E-state index is 0.504. The zero-order valence-corrected chi connectivity index (χ0v) is 9.19. The zero-order chi connectivity index (χ0) is 11.3. The number of ether oxygens (including phenoxy) is 2. The van der Waals surface area contributed by atoms with E-state index in [-0.39, 0.29) is 0 Å². The average Bonchev–Trinajstić information content (AvgIpc) is 2.28. The number of nitrogens with zero attached hydrogens (tertiary/aromatic N) is 1. The molecule has 15 heavy (non-hydrogen) atoms. The number of para-hydroxylation sites is 1. The first kappa shape index (κ1) is 11.4. The Morgan fingerprint density at radius 3 is 2.60 bits per heavy atom. The van der Waals surface area contributed by atoms with Crippen molar-refractivity contribution in [3.05, 3.63) is 23.8 Å². The molecule has 1 aromatic carbocycles. The summed E-state index contributed by atoms with van der Waals surface area (Å²) in [7, 11) is 4.89. The van der Waals surface area contributed by atoms with Crippen LogP contribution in [0.15, 0.2) is 18.2 Å². The van der Waals surface area contributed by atoms with Gasteiger partial charge in [-0.2, -0.15) is 0 Å². The molecule has 0 heterocycles. The SMILES string of the molecule is COc1cccc(CN(C)C=O)c1OC. The Kier molecular flexibility index (Phi) is 3.97. The second-order valence-electron chi connectivity index (χ2n) is 3.17. The molecule has 1 aromatic rings. The fourth-order valence-corrected chi connectivity index (χ4v) is 1.38. The van der Waals surface area contributed by atoms with E-state index in [1.165, 1.54) is 4.90 Å². The summed E-state index contributed by atoms with van der Waals surface area (Å²) in [6.07, 6.45) is 0.777. The van der Waals surface area contributed by atoms with Crippen molar-refractivity contribution in [2.24, 2.45) is 0 Å². The van der Waals surface area contributed by atoms with Crippen molar-refractivity contribution >= 4 is 6.41 Å². The summed E-state index contributed by atoms with van der Waals surface area (Å²) in [5.41, 5.74) is 0.923. The first-order valence-electron chi connectivity index (χ1n) is 4.58. The number of carbonyl (C=O) groups is 1. The van der Waals surface area contributed by atoms with E-state index >= 15 is 0 Å². The molecule has 4 heteroatoms. The molecular weight excluding hydrogens is 194 g/mol. The average molecular weight is 209 g/mol. The third-order valence-corrected chi connectivity index (χ3v) is 2.08. The Hall–Kier alpha value is -1.71. The van der Waals surface area contributed by atoms with Crippen LogP contribution in [0.5, 0.6) is 11.5 Å². The number of rotatable bonds is 5. The number of hydrogen-bond acceptors (Lipinski definition) is 3. The van der Waals surface area contributed by atoms with Gasteiger partial charge in [0.25, 0.3) is 0 Å². The van der Waals surface area contributed by atoms with Crippen LogP contribution in [0.4, 0.5) is 0 Å². The Bertz CT molecular complexity index is 339. The number of amides is 1. The quantitative estimate of drug-likeness (QED) is 0.686. The number of carbonyl (C=O) groups excluding carboxylic acids is 1. The highest BCUT2D eigenvalue weighted by molar-refractivity contribution is 5.50. The molecule has 0 N–H and O–H groups in total. The lowest BCUT2D eigenvalue weighted by Crippen LogP contribution is -2.15. The molecule has 0 bridgehead atoms. The van der Waals surface area contributed by atoms with E-state index in [0.29, 0.717) is 18.0 Å². The van der Waals surface area contributed by atoms with Crippen LogP contribution in [-0.2, 0) is 11.3 Å². The van der Waals surface area contributed by atoms with Gasteiger partial charge in [0, 0.05) is 19.2 Å². The summed E-state index contributed by atoms with van der Waals surface area (Å²) in [4.78, 5) is 12.1. The summed E-state index contributed by atoms with van der Waals surface area (Å²) in [6, 6.07) is 5.60. The molecule has 0 aliphatic rings. The normalized spacial score (nSPS) is 9.53. The number of methoxy groups -OCH3 is 2. The van der Waals surface area contributed by atoms with Crippen molar-refractivity contribution in [2.75, 3.05) is 21.3 Å². The van der Waals surface area contributed by atoms with Crippen molar-refractivity contribution in [1.82, 2.24) is 4.90 Å². The van der Waals surface area contributed by atoms with Crippen LogP contribution in [-0.4, -0.2) is 32.6 Å². The molecule has 0 radical (unpaired) electrons. The summed E-state index contributed by atoms with van der Waals surface area (Å²) in [5.74, 6) is 1.35. The lowest BCUT2D eigenvalue weighted by molar-refractivity contribution is -0.117. The molecule has 4 nitrogen and oxygen atoms in total. The maximum absolute atomic E-state index is 10.5. The van der Waals surface area contributed by atoms with Gasteiger partial charge >= 0.3 is 0 Å². The molecule has 0 spiro atoms. The molecule has 0 atom stereocenters. The summed E-state index contributed by atoms with van der Waals surface area (Å²) in [6.45, 7) is 0.504. The van der Waals surface area contributed by atoms with Crippen LogP contribution < -0.4 is 9.47 Å². The van der Waals surface area contributed by atoms with Gasteiger partial charge in [0.05, 0.1) is 14.2 Å². The molecule has 1 rings (SSSR count). The van der Waals surface area contributed by atoms with Crippen molar-refractivity contribution < 1.29 is 14.3 Å². The van der Waals surface area contributed by atoms with E-state index in [4.69, 9.17) is 9.47 Å². The number of benzene rings is 1. The highest BCUT2D eigenvalue weighted by atomic mass is 16.5. The van der Waals surface area contributed by atoms with E-state index in [1.807, 2.05) is 18.2 Å². The Balaban J connectivity index is 3.00. The Labute approximate surface area is 89.4 Å². The lowest BCUT2D eigenvalue weighted by Gasteiger charge is -2.15. The molecule has 0 unspecified atom stereocenters. The van der Waals surface area contributed by atoms with E-state index < -0.39 is 0 Å². The van der Waals surface area contributed by atoms with Crippen molar-refractivity contribution in [1.29, 1.82) is 0 Å². The van der Waals surface area contributed by atoms with Crippen molar-refractivity contribution in [3.63, 3.8) is 0 Å². The first-order valence-corrected chi connectivity index (χ1v) is 4.58. The standard InChI is InChI=1S/C11H15NO3/c1-12(8-13)7-9-5-4-6-10(14-2)11(9)15-3/h4-6,8H,7H2,1-3H3. The third-order valence-electron chi connectivity index (χ3n) is 2.08. The molecule has 0 aliphatic heterocycles. The maximum atomic E-state index is 10.5. The van der Waals surface area contributed by atoms with Gasteiger partial charge in [0.15, 0.2) is 11.5 Å². The van der Waals surface area contributed by atoms with E-state index in [1.54, 1.807) is 21.3 Å². The molecule has 82 valence electrons. The largest absolute Gasteiger partial charge is 0.493 e. The Morgan fingerprint density at radius 2 is 2.07 bits per heavy atom. The van der Waals surface area contributed by atoms with Crippen LogP contribution in [0.1, 0.15) is 5.56 Å². The lowest BCUT2D eigenvalue weighted by atomic mass is 10.2. The van der Waals surface area contributed by atoms with Crippen molar-refractivity contribution in [2.45, 2.75) is 6.54 Å². The minimum atomic E-state index is 0.504. The second kappa shape index (κ2) is 5.24. The monoisotopic (exact) mass is 209 g/mol. The van der Waals surface area contributed by atoms with Gasteiger partial charge in [-0.1, -0.05) is 12.1 Å². The highest BCUT2D eigenvalue weighted by Gasteiger charge is 2.10. The fourth-order valence-electron chi connectivity index (χ4n) is 1.38.